The van der Waals surface area contributed by atoms with Crippen LogP contribution >= 0.6 is 11.3 Å². The van der Waals surface area contributed by atoms with Gasteiger partial charge in [0, 0.05) is 23.9 Å². The van der Waals surface area contributed by atoms with E-state index in [1.807, 2.05) is 17.5 Å². The largest absolute Gasteiger partial charge is 0.395 e. The minimum Gasteiger partial charge on any atom is -0.395 e. The van der Waals surface area contributed by atoms with Crippen LogP contribution in [0.3, 0.4) is 0 Å². The molecule has 118 valence electrons. The zero-order chi connectivity index (χ0) is 15.1. The summed E-state index contributed by atoms with van der Waals surface area (Å²) in [6.07, 6.45) is 5.27. The molecule has 0 aromatic carbocycles. The van der Waals surface area contributed by atoms with Crippen LogP contribution in [0.4, 0.5) is 0 Å². The van der Waals surface area contributed by atoms with Gasteiger partial charge in [0.05, 0.1) is 13.2 Å². The highest BCUT2D eigenvalue weighted by Crippen LogP contribution is 2.20. The molecular formula is C16H26N2O2S. The van der Waals surface area contributed by atoms with Crippen molar-refractivity contribution in [3.63, 3.8) is 0 Å². The van der Waals surface area contributed by atoms with Crippen LogP contribution in [0.5, 0.6) is 0 Å². The van der Waals surface area contributed by atoms with Gasteiger partial charge in [-0.05, 0) is 44.3 Å². The number of hydrogen-bond acceptors (Lipinski definition) is 4. The maximum atomic E-state index is 12.4. The highest BCUT2D eigenvalue weighted by Gasteiger charge is 2.21. The first-order chi connectivity index (χ1) is 10.2. The zero-order valence-corrected chi connectivity index (χ0v) is 13.6. The second-order valence-electron chi connectivity index (χ2n) is 5.79. The molecule has 1 aromatic rings. The third-order valence-corrected chi connectivity index (χ3v) is 5.12. The van der Waals surface area contributed by atoms with Crippen LogP contribution in [0.1, 0.15) is 37.0 Å². The van der Waals surface area contributed by atoms with E-state index in [9.17, 15) is 9.90 Å². The number of carbonyl (C=O) groups excluding carboxylic acids is 1. The van der Waals surface area contributed by atoms with Gasteiger partial charge >= 0.3 is 0 Å². The number of likely N-dealkylation sites (tertiary alicyclic amines) is 1. The summed E-state index contributed by atoms with van der Waals surface area (Å²) in [5.74, 6) is 0.163. The molecule has 0 unspecified atom stereocenters. The van der Waals surface area contributed by atoms with Crippen LogP contribution in [0.15, 0.2) is 17.5 Å². The van der Waals surface area contributed by atoms with Crippen LogP contribution in [0.2, 0.25) is 0 Å². The Balaban J connectivity index is 1.83. The normalized spacial score (nSPS) is 19.6. The number of carbonyl (C=O) groups is 1. The van der Waals surface area contributed by atoms with E-state index >= 15 is 0 Å². The van der Waals surface area contributed by atoms with Gasteiger partial charge in [-0.2, -0.15) is 0 Å². The molecule has 1 N–H and O–H groups in total. The second-order valence-corrected chi connectivity index (χ2v) is 6.82. The summed E-state index contributed by atoms with van der Waals surface area (Å²) in [6.45, 7) is 2.23. The Kier molecular flexibility index (Phi) is 6.67. The lowest BCUT2D eigenvalue weighted by molar-refractivity contribution is -0.132. The van der Waals surface area contributed by atoms with Crippen molar-refractivity contribution >= 4 is 17.2 Å². The number of amides is 1. The Morgan fingerprint density at radius 3 is 3.05 bits per heavy atom. The van der Waals surface area contributed by atoms with E-state index in [2.05, 4.69) is 11.9 Å². The number of thiophene rings is 1. The maximum Gasteiger partial charge on any atom is 0.223 e. The lowest BCUT2D eigenvalue weighted by atomic mass is 9.98. The third-order valence-electron chi connectivity index (χ3n) is 4.26. The average molecular weight is 310 g/mol. The van der Waals surface area contributed by atoms with Crippen LogP contribution in [0, 0.1) is 0 Å². The molecule has 0 saturated carbocycles. The Labute approximate surface area is 131 Å². The van der Waals surface area contributed by atoms with Crippen molar-refractivity contribution in [1.29, 1.82) is 0 Å². The van der Waals surface area contributed by atoms with E-state index in [-0.39, 0.29) is 12.5 Å². The molecule has 2 rings (SSSR count). The molecule has 5 heteroatoms. The fourth-order valence-electron chi connectivity index (χ4n) is 2.96. The molecule has 2 heterocycles. The molecule has 21 heavy (non-hydrogen) atoms. The number of hydrogen-bond donors (Lipinski definition) is 1. The fourth-order valence-corrected chi connectivity index (χ4v) is 3.68. The van der Waals surface area contributed by atoms with E-state index in [0.717, 1.165) is 13.0 Å². The molecule has 1 fully saturated rings. The Hall–Kier alpha value is -0.910. The molecule has 1 saturated heterocycles. The van der Waals surface area contributed by atoms with Crippen molar-refractivity contribution in [2.24, 2.45) is 0 Å². The first kappa shape index (κ1) is 16.5. The molecule has 0 spiro atoms. The Bertz CT molecular complexity index is 422. The van der Waals surface area contributed by atoms with Gasteiger partial charge in [-0.25, -0.2) is 0 Å². The zero-order valence-electron chi connectivity index (χ0n) is 12.8. The molecule has 1 amide bonds. The van der Waals surface area contributed by atoms with E-state index in [1.54, 1.807) is 16.2 Å². The smallest absolute Gasteiger partial charge is 0.223 e. The van der Waals surface area contributed by atoms with E-state index < -0.39 is 0 Å². The second kappa shape index (κ2) is 8.51. The SMILES string of the molecule is CN1CCCC[C@H]1CCC(=O)N(CCO)Cc1cccs1. The van der Waals surface area contributed by atoms with Gasteiger partial charge in [0.15, 0.2) is 0 Å². The maximum absolute atomic E-state index is 12.4. The van der Waals surface area contributed by atoms with Gasteiger partial charge < -0.3 is 14.9 Å². The summed E-state index contributed by atoms with van der Waals surface area (Å²) in [4.78, 5) is 17.8. The standard InChI is InChI=1S/C16H26N2O2S/c1-17-9-3-2-5-14(17)7-8-16(20)18(10-11-19)13-15-6-4-12-21-15/h4,6,12,14,19H,2-3,5,7-11,13H2,1H3/t14-/m0/s1. The van der Waals surface area contributed by atoms with E-state index in [1.165, 1.54) is 24.1 Å². The van der Waals surface area contributed by atoms with Crippen molar-refractivity contribution in [2.75, 3.05) is 26.7 Å². The Morgan fingerprint density at radius 2 is 2.38 bits per heavy atom. The van der Waals surface area contributed by atoms with Crippen molar-refractivity contribution in [3.8, 4) is 0 Å². The number of nitrogens with zero attached hydrogens (tertiary/aromatic N) is 2. The lowest BCUT2D eigenvalue weighted by Crippen LogP contribution is -2.38. The quantitative estimate of drug-likeness (QED) is 0.840. The predicted octanol–water partition coefficient (Wildman–Crippen LogP) is 2.33. The highest BCUT2D eigenvalue weighted by molar-refractivity contribution is 7.09. The summed E-state index contributed by atoms with van der Waals surface area (Å²) in [7, 11) is 2.16. The minimum absolute atomic E-state index is 0.0282. The Morgan fingerprint density at radius 1 is 1.52 bits per heavy atom. The fraction of sp³-hybridized carbons (Fsp3) is 0.688. The summed E-state index contributed by atoms with van der Waals surface area (Å²) >= 11 is 1.66. The summed E-state index contributed by atoms with van der Waals surface area (Å²) in [5, 5.41) is 11.2. The molecule has 0 bridgehead atoms. The van der Waals surface area contributed by atoms with Gasteiger partial charge in [0.1, 0.15) is 0 Å². The predicted molar refractivity (Wildman–Crippen MR) is 86.3 cm³/mol. The molecular weight excluding hydrogens is 284 g/mol. The molecule has 0 radical (unpaired) electrons. The number of piperidine rings is 1. The van der Waals surface area contributed by atoms with Gasteiger partial charge in [-0.1, -0.05) is 12.5 Å². The first-order valence-electron chi connectivity index (χ1n) is 7.82. The first-order valence-corrected chi connectivity index (χ1v) is 8.70. The van der Waals surface area contributed by atoms with Crippen molar-refractivity contribution in [2.45, 2.75) is 44.7 Å². The van der Waals surface area contributed by atoms with Crippen LogP contribution in [-0.4, -0.2) is 53.6 Å². The average Bonchev–Trinajstić information content (AvgIpc) is 2.99. The summed E-state index contributed by atoms with van der Waals surface area (Å²) in [5.41, 5.74) is 0. The lowest BCUT2D eigenvalue weighted by Gasteiger charge is -2.33. The van der Waals surface area contributed by atoms with E-state index in [0.29, 0.717) is 25.6 Å². The van der Waals surface area contributed by atoms with Gasteiger partial charge in [0.25, 0.3) is 0 Å². The molecule has 4 nitrogen and oxygen atoms in total. The number of aliphatic hydroxyl groups is 1. The van der Waals surface area contributed by atoms with Crippen LogP contribution in [0.25, 0.3) is 0 Å². The van der Waals surface area contributed by atoms with E-state index in [4.69, 9.17) is 0 Å². The van der Waals surface area contributed by atoms with Gasteiger partial charge in [0.2, 0.25) is 5.91 Å². The molecule has 1 aromatic heterocycles. The minimum atomic E-state index is 0.0282. The third kappa shape index (κ3) is 5.09. The van der Waals surface area contributed by atoms with Crippen LogP contribution < -0.4 is 0 Å². The van der Waals surface area contributed by atoms with Gasteiger partial charge in [-0.3, -0.25) is 4.79 Å². The number of rotatable bonds is 7. The van der Waals surface area contributed by atoms with Gasteiger partial charge in [-0.15, -0.1) is 11.3 Å². The molecule has 1 aliphatic rings. The van der Waals surface area contributed by atoms with Crippen LogP contribution in [-0.2, 0) is 11.3 Å². The number of aliphatic hydroxyl groups excluding tert-OH is 1. The molecule has 0 aliphatic carbocycles. The topological polar surface area (TPSA) is 43.8 Å². The van der Waals surface area contributed by atoms with Crippen molar-refractivity contribution < 1.29 is 9.90 Å². The van der Waals surface area contributed by atoms with Crippen molar-refractivity contribution in [3.05, 3.63) is 22.4 Å². The monoisotopic (exact) mass is 310 g/mol. The molecule has 1 atom stereocenters. The molecule has 1 aliphatic heterocycles. The van der Waals surface area contributed by atoms with Crippen molar-refractivity contribution in [1.82, 2.24) is 9.80 Å². The summed E-state index contributed by atoms with van der Waals surface area (Å²) < 4.78 is 0. The summed E-state index contributed by atoms with van der Waals surface area (Å²) in [6, 6.07) is 4.58. The highest BCUT2D eigenvalue weighted by atomic mass is 32.1.